The van der Waals surface area contributed by atoms with Crippen molar-refractivity contribution in [3.63, 3.8) is 0 Å². The number of non-ortho nitro benzene ring substituents is 1. The van der Waals surface area contributed by atoms with Crippen molar-refractivity contribution >= 4 is 11.4 Å². The number of piperidine rings is 1. The van der Waals surface area contributed by atoms with Gasteiger partial charge in [0.1, 0.15) is 0 Å². The largest absolute Gasteiger partial charge is 0.392 e. The summed E-state index contributed by atoms with van der Waals surface area (Å²) in [7, 11) is 2.01. The monoisotopic (exact) mass is 293 g/mol. The van der Waals surface area contributed by atoms with Crippen LogP contribution in [0.2, 0.25) is 0 Å². The third kappa shape index (κ3) is 3.51. The molecule has 21 heavy (non-hydrogen) atoms. The predicted molar refractivity (Wildman–Crippen MR) is 82.6 cm³/mol. The third-order valence-electron chi connectivity index (χ3n) is 4.38. The van der Waals surface area contributed by atoms with E-state index in [4.69, 9.17) is 0 Å². The molecule has 1 heterocycles. The molecule has 0 aliphatic carbocycles. The average Bonchev–Trinajstić information content (AvgIpc) is 2.53. The van der Waals surface area contributed by atoms with Gasteiger partial charge >= 0.3 is 0 Å². The van der Waals surface area contributed by atoms with Crippen LogP contribution in [0.15, 0.2) is 18.2 Å². The molecule has 6 heteroatoms. The highest BCUT2D eigenvalue weighted by Crippen LogP contribution is 2.28. The number of hydrogen-bond acceptors (Lipinski definition) is 5. The maximum Gasteiger partial charge on any atom is 0.269 e. The van der Waals surface area contributed by atoms with Crippen molar-refractivity contribution in [2.45, 2.75) is 32.4 Å². The fraction of sp³-hybridized carbons (Fsp3) is 0.600. The Morgan fingerprint density at radius 3 is 2.62 bits per heavy atom. The van der Waals surface area contributed by atoms with Crippen LogP contribution in [0.5, 0.6) is 0 Å². The first-order chi connectivity index (χ1) is 10.1. The van der Waals surface area contributed by atoms with Gasteiger partial charge < -0.3 is 14.9 Å². The number of benzene rings is 1. The number of nitrogens with zero attached hydrogens (tertiary/aromatic N) is 3. The Kier molecular flexibility index (Phi) is 5.14. The van der Waals surface area contributed by atoms with Gasteiger partial charge in [-0.15, -0.1) is 0 Å². The minimum absolute atomic E-state index is 0.0250. The van der Waals surface area contributed by atoms with E-state index in [1.54, 1.807) is 6.07 Å². The van der Waals surface area contributed by atoms with Gasteiger partial charge in [0.05, 0.1) is 11.5 Å². The molecule has 1 aromatic rings. The standard InChI is InChI=1S/C15H23N3O3/c1-3-17-8-6-13(7-9-17)16(2)15-5-4-14(18(20)21)10-12(15)11-19/h4-5,10,13,19H,3,6-9,11H2,1-2H3. The van der Waals surface area contributed by atoms with Gasteiger partial charge in [0.25, 0.3) is 5.69 Å². The summed E-state index contributed by atoms with van der Waals surface area (Å²) in [6.07, 6.45) is 2.15. The Balaban J connectivity index is 2.15. The van der Waals surface area contributed by atoms with Gasteiger partial charge in [-0.25, -0.2) is 0 Å². The van der Waals surface area contributed by atoms with Gasteiger partial charge in [-0.3, -0.25) is 10.1 Å². The topological polar surface area (TPSA) is 69.9 Å². The number of aliphatic hydroxyl groups is 1. The van der Waals surface area contributed by atoms with Crippen molar-refractivity contribution in [2.75, 3.05) is 31.6 Å². The van der Waals surface area contributed by atoms with Gasteiger partial charge in [0.2, 0.25) is 0 Å². The van der Waals surface area contributed by atoms with Crippen LogP contribution in [-0.4, -0.2) is 47.7 Å². The molecule has 116 valence electrons. The lowest BCUT2D eigenvalue weighted by molar-refractivity contribution is -0.384. The van der Waals surface area contributed by atoms with E-state index >= 15 is 0 Å². The molecule has 6 nitrogen and oxygen atoms in total. The highest BCUT2D eigenvalue weighted by atomic mass is 16.6. The van der Waals surface area contributed by atoms with Crippen LogP contribution >= 0.6 is 0 Å². The van der Waals surface area contributed by atoms with Gasteiger partial charge in [-0.2, -0.15) is 0 Å². The summed E-state index contributed by atoms with van der Waals surface area (Å²) in [5.74, 6) is 0. The molecule has 0 radical (unpaired) electrons. The quantitative estimate of drug-likeness (QED) is 0.664. The summed E-state index contributed by atoms with van der Waals surface area (Å²) in [5, 5.41) is 20.3. The fourth-order valence-corrected chi connectivity index (χ4v) is 2.98. The zero-order valence-electron chi connectivity index (χ0n) is 12.7. The second kappa shape index (κ2) is 6.87. The molecule has 0 unspecified atom stereocenters. The SMILES string of the molecule is CCN1CCC(N(C)c2ccc([N+](=O)[O-])cc2CO)CC1. The van der Waals surface area contributed by atoms with Gasteiger partial charge in [-0.1, -0.05) is 6.92 Å². The number of rotatable bonds is 5. The van der Waals surface area contributed by atoms with Crippen LogP contribution in [0.1, 0.15) is 25.3 Å². The van der Waals surface area contributed by atoms with Crippen LogP contribution in [-0.2, 0) is 6.61 Å². The molecule has 0 amide bonds. The highest BCUT2D eigenvalue weighted by molar-refractivity contribution is 5.58. The normalized spacial score (nSPS) is 16.9. The van der Waals surface area contributed by atoms with Crippen molar-refractivity contribution in [1.29, 1.82) is 0 Å². The molecule has 2 rings (SSSR count). The smallest absolute Gasteiger partial charge is 0.269 e. The lowest BCUT2D eigenvalue weighted by atomic mass is 10.0. The molecule has 0 atom stereocenters. The molecular formula is C15H23N3O3. The number of nitro benzene ring substituents is 1. The lowest BCUT2D eigenvalue weighted by Gasteiger charge is -2.38. The van der Waals surface area contributed by atoms with Crippen molar-refractivity contribution in [1.82, 2.24) is 4.90 Å². The van der Waals surface area contributed by atoms with E-state index in [9.17, 15) is 15.2 Å². The molecule has 0 saturated carbocycles. The van der Waals surface area contributed by atoms with Gasteiger partial charge in [-0.05, 0) is 25.5 Å². The average molecular weight is 293 g/mol. The Bertz CT molecular complexity index is 499. The molecule has 1 fully saturated rings. The summed E-state index contributed by atoms with van der Waals surface area (Å²) >= 11 is 0. The van der Waals surface area contributed by atoms with E-state index < -0.39 is 4.92 Å². The number of likely N-dealkylation sites (tertiary alicyclic amines) is 1. The van der Waals surface area contributed by atoms with Gasteiger partial charge in [0.15, 0.2) is 0 Å². The van der Waals surface area contributed by atoms with Crippen LogP contribution in [0.4, 0.5) is 11.4 Å². The van der Waals surface area contributed by atoms with Crippen molar-refractivity contribution in [2.24, 2.45) is 0 Å². The first kappa shape index (κ1) is 15.7. The zero-order valence-corrected chi connectivity index (χ0v) is 12.7. The molecule has 1 aromatic carbocycles. The third-order valence-corrected chi connectivity index (χ3v) is 4.38. The Morgan fingerprint density at radius 2 is 2.10 bits per heavy atom. The Labute approximate surface area is 125 Å². The predicted octanol–water partition coefficient (Wildman–Crippen LogP) is 2.01. The van der Waals surface area contributed by atoms with Crippen LogP contribution < -0.4 is 4.90 Å². The van der Waals surface area contributed by atoms with Crippen molar-refractivity contribution in [3.8, 4) is 0 Å². The molecule has 0 spiro atoms. The number of aliphatic hydroxyl groups excluding tert-OH is 1. The number of nitro groups is 1. The maximum absolute atomic E-state index is 10.8. The highest BCUT2D eigenvalue weighted by Gasteiger charge is 2.23. The van der Waals surface area contributed by atoms with Crippen LogP contribution in [0.25, 0.3) is 0 Å². The van der Waals surface area contributed by atoms with Crippen LogP contribution in [0.3, 0.4) is 0 Å². The van der Waals surface area contributed by atoms with E-state index in [0.717, 1.165) is 38.2 Å². The van der Waals surface area contributed by atoms with Crippen LogP contribution in [0, 0.1) is 10.1 Å². The lowest BCUT2D eigenvalue weighted by Crippen LogP contribution is -2.43. The molecule has 1 N–H and O–H groups in total. The Morgan fingerprint density at radius 1 is 1.43 bits per heavy atom. The second-order valence-electron chi connectivity index (χ2n) is 5.50. The molecule has 1 aliphatic rings. The van der Waals surface area contributed by atoms with Crippen molar-refractivity contribution < 1.29 is 10.0 Å². The van der Waals surface area contributed by atoms with Gasteiger partial charge in [0, 0.05) is 49.6 Å². The number of hydrogen-bond donors (Lipinski definition) is 1. The van der Waals surface area contributed by atoms with Crippen molar-refractivity contribution in [3.05, 3.63) is 33.9 Å². The molecule has 0 aromatic heterocycles. The molecule has 0 bridgehead atoms. The Hall–Kier alpha value is -1.66. The molecular weight excluding hydrogens is 270 g/mol. The van der Waals surface area contributed by atoms with E-state index in [1.807, 2.05) is 7.05 Å². The molecule has 1 aliphatic heterocycles. The number of anilines is 1. The van der Waals surface area contributed by atoms with E-state index in [1.165, 1.54) is 12.1 Å². The molecule has 1 saturated heterocycles. The minimum atomic E-state index is -0.428. The first-order valence-corrected chi connectivity index (χ1v) is 7.40. The van der Waals surface area contributed by atoms with E-state index in [-0.39, 0.29) is 12.3 Å². The zero-order chi connectivity index (χ0) is 15.4. The van der Waals surface area contributed by atoms with E-state index in [2.05, 4.69) is 16.7 Å². The summed E-state index contributed by atoms with van der Waals surface area (Å²) in [6.45, 7) is 5.22. The fourth-order valence-electron chi connectivity index (χ4n) is 2.98. The first-order valence-electron chi connectivity index (χ1n) is 7.40. The summed E-state index contributed by atoms with van der Waals surface area (Å²) in [5.41, 5.74) is 1.53. The summed E-state index contributed by atoms with van der Waals surface area (Å²) < 4.78 is 0. The summed E-state index contributed by atoms with van der Waals surface area (Å²) in [4.78, 5) is 15.0. The summed E-state index contributed by atoms with van der Waals surface area (Å²) in [6, 6.07) is 5.13. The van der Waals surface area contributed by atoms with E-state index in [0.29, 0.717) is 11.6 Å². The minimum Gasteiger partial charge on any atom is -0.392 e. The second-order valence-corrected chi connectivity index (χ2v) is 5.50. The maximum atomic E-state index is 10.8.